The number of likely N-dealkylation sites (N-methyl/N-ethyl adjacent to an activating group) is 1. The summed E-state index contributed by atoms with van der Waals surface area (Å²) in [6.45, 7) is 5.25. The van der Waals surface area contributed by atoms with Gasteiger partial charge in [0.2, 0.25) is 15.9 Å². The summed E-state index contributed by atoms with van der Waals surface area (Å²) in [4.78, 5) is 30.2. The summed E-state index contributed by atoms with van der Waals surface area (Å²) >= 11 is 0. The number of carbonyl (C=O) groups is 2. The maximum absolute atomic E-state index is 13.5. The standard InChI is InChI=1S/C30H34N4O5S/c1-3-21-7-6-8-24-22(19-33(29(21)24)20-28(35)32-11-4-5-12-32)17-26-25-18-23(9-10-27(25)31(2)30(26)36)40(37,38)34-13-15-39-16-14-34/h6-10,17-19H,3-5,11-16,20H2,1-2H3/b26-17-. The Labute approximate surface area is 234 Å². The van der Waals surface area contributed by atoms with E-state index >= 15 is 0 Å². The Balaban J connectivity index is 1.44. The zero-order valence-corrected chi connectivity index (χ0v) is 23.7. The molecule has 0 radical (unpaired) electrons. The van der Waals surface area contributed by atoms with Crippen LogP contribution in [0.1, 0.15) is 36.5 Å². The van der Waals surface area contributed by atoms with Gasteiger partial charge >= 0.3 is 0 Å². The van der Waals surface area contributed by atoms with Crippen LogP contribution < -0.4 is 4.90 Å². The minimum atomic E-state index is -3.73. The third-order valence-corrected chi connectivity index (χ3v) is 10.1. The highest BCUT2D eigenvalue weighted by Gasteiger charge is 2.33. The Morgan fingerprint density at radius 3 is 2.52 bits per heavy atom. The highest BCUT2D eigenvalue weighted by atomic mass is 32.2. The minimum absolute atomic E-state index is 0.0968. The first-order chi connectivity index (χ1) is 19.3. The molecule has 3 aliphatic heterocycles. The number of amides is 2. The molecule has 4 heterocycles. The topological polar surface area (TPSA) is 92.2 Å². The Morgan fingerprint density at radius 1 is 1.05 bits per heavy atom. The number of hydrogen-bond acceptors (Lipinski definition) is 5. The zero-order valence-electron chi connectivity index (χ0n) is 22.9. The van der Waals surface area contributed by atoms with E-state index < -0.39 is 10.0 Å². The van der Waals surface area contributed by atoms with Gasteiger partial charge in [-0.2, -0.15) is 4.31 Å². The van der Waals surface area contributed by atoms with Crippen LogP contribution in [0.5, 0.6) is 0 Å². The zero-order chi connectivity index (χ0) is 28.0. The van der Waals surface area contributed by atoms with Gasteiger partial charge in [-0.1, -0.05) is 25.1 Å². The molecule has 2 amide bonds. The van der Waals surface area contributed by atoms with Gasteiger partial charge in [-0.15, -0.1) is 0 Å². The largest absolute Gasteiger partial charge is 0.379 e. The van der Waals surface area contributed by atoms with Crippen LogP contribution in [0.4, 0.5) is 5.69 Å². The normalized spacial score (nSPS) is 19.2. The molecule has 40 heavy (non-hydrogen) atoms. The van der Waals surface area contributed by atoms with Crippen molar-refractivity contribution >= 4 is 50.1 Å². The van der Waals surface area contributed by atoms with Crippen LogP contribution in [-0.4, -0.2) is 80.4 Å². The van der Waals surface area contributed by atoms with Gasteiger partial charge in [-0.05, 0) is 49.1 Å². The van der Waals surface area contributed by atoms with E-state index in [1.54, 1.807) is 30.1 Å². The lowest BCUT2D eigenvalue weighted by atomic mass is 10.0. The fourth-order valence-electron chi connectivity index (χ4n) is 6.02. The van der Waals surface area contributed by atoms with Crippen molar-refractivity contribution in [3.05, 3.63) is 59.3 Å². The van der Waals surface area contributed by atoms with Crippen LogP contribution in [0.25, 0.3) is 22.6 Å². The maximum Gasteiger partial charge on any atom is 0.258 e. The number of carbonyl (C=O) groups excluding carboxylic acids is 2. The van der Waals surface area contributed by atoms with Gasteiger partial charge < -0.3 is 19.1 Å². The van der Waals surface area contributed by atoms with Crippen molar-refractivity contribution in [3.8, 4) is 0 Å². The number of morpholine rings is 1. The smallest absolute Gasteiger partial charge is 0.258 e. The molecule has 0 aliphatic carbocycles. The number of fused-ring (bicyclic) bond motifs is 2. The number of anilines is 1. The quantitative estimate of drug-likeness (QED) is 0.430. The van der Waals surface area contributed by atoms with Gasteiger partial charge in [0.1, 0.15) is 6.54 Å². The number of aryl methyl sites for hydroxylation is 1. The van der Waals surface area contributed by atoms with Crippen LogP contribution in [0, 0.1) is 0 Å². The van der Waals surface area contributed by atoms with Crippen molar-refractivity contribution in [2.45, 2.75) is 37.6 Å². The van der Waals surface area contributed by atoms with Gasteiger partial charge in [-0.25, -0.2) is 8.42 Å². The molecule has 3 aliphatic rings. The number of para-hydroxylation sites is 1. The summed E-state index contributed by atoms with van der Waals surface area (Å²) in [6.07, 6.45) is 6.67. The summed E-state index contributed by atoms with van der Waals surface area (Å²) in [7, 11) is -2.03. The van der Waals surface area contributed by atoms with E-state index in [1.165, 1.54) is 4.31 Å². The van der Waals surface area contributed by atoms with Crippen molar-refractivity contribution in [2.24, 2.45) is 0 Å². The highest BCUT2D eigenvalue weighted by molar-refractivity contribution is 7.89. The summed E-state index contributed by atoms with van der Waals surface area (Å²) in [5.74, 6) is -0.101. The van der Waals surface area contributed by atoms with Gasteiger partial charge in [0.15, 0.2) is 0 Å². The second kappa shape index (κ2) is 10.5. The number of benzene rings is 2. The lowest BCUT2D eigenvalue weighted by Gasteiger charge is -2.26. The molecule has 2 fully saturated rings. The van der Waals surface area contributed by atoms with Crippen molar-refractivity contribution < 1.29 is 22.7 Å². The van der Waals surface area contributed by atoms with Crippen molar-refractivity contribution in [1.82, 2.24) is 13.8 Å². The molecule has 2 saturated heterocycles. The van der Waals surface area contributed by atoms with E-state index in [1.807, 2.05) is 33.9 Å². The van der Waals surface area contributed by atoms with E-state index in [4.69, 9.17) is 4.74 Å². The van der Waals surface area contributed by atoms with Gasteiger partial charge in [-0.3, -0.25) is 9.59 Å². The number of likely N-dealkylation sites (tertiary alicyclic amines) is 1. The Morgan fingerprint density at radius 2 is 1.80 bits per heavy atom. The number of rotatable bonds is 6. The molecule has 1 aromatic heterocycles. The van der Waals surface area contributed by atoms with Crippen LogP contribution in [-0.2, 0) is 37.3 Å². The molecule has 2 aromatic carbocycles. The number of sulfonamides is 1. The van der Waals surface area contributed by atoms with Crippen molar-refractivity contribution in [2.75, 3.05) is 51.3 Å². The summed E-state index contributed by atoms with van der Waals surface area (Å²) in [6, 6.07) is 11.0. The SMILES string of the molecule is CCc1cccc2c(/C=C3\C(=O)N(C)c4ccc(S(=O)(=O)N5CCOCC5)cc43)cn(CC(=O)N3CCCC3)c12. The van der Waals surface area contributed by atoms with E-state index in [0.717, 1.165) is 54.4 Å². The van der Waals surface area contributed by atoms with E-state index in [-0.39, 0.29) is 23.3 Å². The van der Waals surface area contributed by atoms with E-state index in [9.17, 15) is 18.0 Å². The lowest BCUT2D eigenvalue weighted by Crippen LogP contribution is -2.40. The van der Waals surface area contributed by atoms with Gasteiger partial charge in [0, 0.05) is 61.5 Å². The Kier molecular flexibility index (Phi) is 7.02. The number of aromatic nitrogens is 1. The number of hydrogen-bond donors (Lipinski definition) is 0. The first kappa shape index (κ1) is 26.7. The molecule has 0 unspecified atom stereocenters. The van der Waals surface area contributed by atoms with E-state index in [0.29, 0.717) is 43.1 Å². The predicted molar refractivity (Wildman–Crippen MR) is 154 cm³/mol. The molecule has 210 valence electrons. The second-order valence-electron chi connectivity index (χ2n) is 10.6. The van der Waals surface area contributed by atoms with E-state index in [2.05, 4.69) is 13.0 Å². The average molecular weight is 563 g/mol. The molecular formula is C30H34N4O5S. The monoisotopic (exact) mass is 562 g/mol. The average Bonchev–Trinajstić information content (AvgIpc) is 3.69. The Hall–Kier alpha value is -3.47. The summed E-state index contributed by atoms with van der Waals surface area (Å²) in [5, 5.41) is 0.960. The summed E-state index contributed by atoms with van der Waals surface area (Å²) < 4.78 is 35.5. The minimum Gasteiger partial charge on any atom is -0.379 e. The fourth-order valence-corrected chi connectivity index (χ4v) is 7.46. The predicted octanol–water partition coefficient (Wildman–Crippen LogP) is 3.36. The molecule has 6 rings (SSSR count). The molecular weight excluding hydrogens is 528 g/mol. The Bertz CT molecular complexity index is 1630. The molecule has 0 bridgehead atoms. The van der Waals surface area contributed by atoms with Crippen molar-refractivity contribution in [1.29, 1.82) is 0 Å². The highest BCUT2D eigenvalue weighted by Crippen LogP contribution is 2.40. The summed E-state index contributed by atoms with van der Waals surface area (Å²) in [5.41, 5.74) is 4.63. The first-order valence-electron chi connectivity index (χ1n) is 13.9. The van der Waals surface area contributed by atoms with Crippen molar-refractivity contribution in [3.63, 3.8) is 0 Å². The van der Waals surface area contributed by atoms with Crippen LogP contribution in [0.2, 0.25) is 0 Å². The number of ether oxygens (including phenoxy) is 1. The van der Waals surface area contributed by atoms with Crippen LogP contribution in [0.3, 0.4) is 0 Å². The molecule has 10 heteroatoms. The first-order valence-corrected chi connectivity index (χ1v) is 15.3. The van der Waals surface area contributed by atoms with Crippen LogP contribution in [0.15, 0.2) is 47.5 Å². The number of nitrogens with zero attached hydrogens (tertiary/aromatic N) is 4. The molecule has 0 atom stereocenters. The third kappa shape index (κ3) is 4.53. The van der Waals surface area contributed by atoms with Gasteiger partial charge in [0.05, 0.1) is 29.3 Å². The molecule has 0 saturated carbocycles. The van der Waals surface area contributed by atoms with Gasteiger partial charge in [0.25, 0.3) is 5.91 Å². The maximum atomic E-state index is 13.5. The molecule has 3 aromatic rings. The lowest BCUT2D eigenvalue weighted by molar-refractivity contribution is -0.130. The third-order valence-electron chi connectivity index (χ3n) is 8.22. The second-order valence-corrected chi connectivity index (χ2v) is 12.5. The molecule has 0 N–H and O–H groups in total. The fraction of sp³-hybridized carbons (Fsp3) is 0.400. The molecule has 9 nitrogen and oxygen atoms in total. The molecule has 0 spiro atoms. The van der Waals surface area contributed by atoms with Crippen LogP contribution >= 0.6 is 0 Å².